The van der Waals surface area contributed by atoms with Gasteiger partial charge in [-0.2, -0.15) is 0 Å². The van der Waals surface area contributed by atoms with Crippen LogP contribution in [0.25, 0.3) is 0 Å². The Bertz CT molecular complexity index is 796. The summed E-state index contributed by atoms with van der Waals surface area (Å²) >= 11 is 0. The number of carbonyl (C=O) groups excluding carboxylic acids is 1. The van der Waals surface area contributed by atoms with Gasteiger partial charge in [0.1, 0.15) is 5.75 Å². The summed E-state index contributed by atoms with van der Waals surface area (Å²) in [5, 5.41) is 0. The van der Waals surface area contributed by atoms with E-state index in [1.54, 1.807) is 0 Å². The van der Waals surface area contributed by atoms with E-state index >= 15 is 0 Å². The Balaban J connectivity index is 1.20. The van der Waals surface area contributed by atoms with E-state index in [2.05, 4.69) is 32.9 Å². The van der Waals surface area contributed by atoms with E-state index in [9.17, 15) is 4.79 Å². The van der Waals surface area contributed by atoms with Crippen molar-refractivity contribution in [2.75, 3.05) is 63.9 Å². The van der Waals surface area contributed by atoms with Gasteiger partial charge in [0.05, 0.1) is 6.61 Å². The highest BCUT2D eigenvalue weighted by Gasteiger charge is 2.27. The summed E-state index contributed by atoms with van der Waals surface area (Å²) in [6, 6.07) is 7.26. The monoisotopic (exact) mass is 468 g/mol. The van der Waals surface area contributed by atoms with Crippen molar-refractivity contribution in [3.05, 3.63) is 23.8 Å². The van der Waals surface area contributed by atoms with E-state index in [1.165, 1.54) is 76.7 Å². The summed E-state index contributed by atoms with van der Waals surface area (Å²) in [6.07, 6.45) is 12.4. The molecular formula is C28H44N4O2. The zero-order valence-corrected chi connectivity index (χ0v) is 21.1. The Morgan fingerprint density at radius 3 is 2.35 bits per heavy atom. The zero-order chi connectivity index (χ0) is 23.2. The van der Waals surface area contributed by atoms with Gasteiger partial charge in [-0.05, 0) is 69.8 Å². The Morgan fingerprint density at radius 2 is 1.62 bits per heavy atom. The maximum Gasteiger partial charge on any atom is 0.227 e. The van der Waals surface area contributed by atoms with Crippen molar-refractivity contribution in [3.63, 3.8) is 0 Å². The second-order valence-electron chi connectivity index (χ2n) is 10.8. The molecule has 1 saturated carbocycles. The molecule has 0 bridgehead atoms. The van der Waals surface area contributed by atoms with Gasteiger partial charge in [-0.1, -0.05) is 19.3 Å². The van der Waals surface area contributed by atoms with Crippen molar-refractivity contribution in [1.82, 2.24) is 14.7 Å². The number of benzene rings is 1. The minimum atomic E-state index is 0.256. The van der Waals surface area contributed by atoms with Gasteiger partial charge in [-0.15, -0.1) is 0 Å². The van der Waals surface area contributed by atoms with Crippen molar-refractivity contribution < 1.29 is 9.53 Å². The highest BCUT2D eigenvalue weighted by molar-refractivity contribution is 5.95. The molecular weight excluding hydrogens is 424 g/mol. The topological polar surface area (TPSA) is 39.3 Å². The van der Waals surface area contributed by atoms with Gasteiger partial charge in [0, 0.05) is 69.5 Å². The standard InChI is InChI=1S/C28H44N4O2/c33-28-10-6-16-32(28)26-11-12-27(34-21-7-15-29-13-4-1-5-14-29)24(22-26)23-30-17-19-31(20-18-30)25-8-2-3-9-25/h11-12,22,25H,1-10,13-21,23H2. The molecule has 1 aromatic carbocycles. The number of hydrogen-bond donors (Lipinski definition) is 0. The third kappa shape index (κ3) is 6.13. The molecule has 3 heterocycles. The maximum atomic E-state index is 12.4. The average Bonchev–Trinajstić information content (AvgIpc) is 3.56. The van der Waals surface area contributed by atoms with Crippen molar-refractivity contribution in [2.24, 2.45) is 0 Å². The summed E-state index contributed by atoms with van der Waals surface area (Å²) in [6.45, 7) is 10.8. The number of carbonyl (C=O) groups is 1. The molecule has 1 aliphatic carbocycles. The van der Waals surface area contributed by atoms with Crippen LogP contribution in [0.5, 0.6) is 5.75 Å². The lowest BCUT2D eigenvalue weighted by Crippen LogP contribution is -2.49. The number of rotatable bonds is 9. The molecule has 0 aromatic heterocycles. The number of ether oxygens (including phenoxy) is 1. The molecule has 6 nitrogen and oxygen atoms in total. The van der Waals surface area contributed by atoms with Crippen LogP contribution in [0.3, 0.4) is 0 Å². The zero-order valence-electron chi connectivity index (χ0n) is 21.1. The molecule has 4 aliphatic rings. The van der Waals surface area contributed by atoms with E-state index in [0.29, 0.717) is 6.42 Å². The van der Waals surface area contributed by atoms with Crippen molar-refractivity contribution in [1.29, 1.82) is 0 Å². The smallest absolute Gasteiger partial charge is 0.227 e. The Kier molecular flexibility index (Phi) is 8.41. The minimum absolute atomic E-state index is 0.256. The molecule has 6 heteroatoms. The summed E-state index contributed by atoms with van der Waals surface area (Å²) in [5.41, 5.74) is 2.28. The SMILES string of the molecule is O=C1CCCN1c1ccc(OCCCN2CCCCC2)c(CN2CCN(C3CCCC3)CC2)c1. The molecule has 1 amide bonds. The highest BCUT2D eigenvalue weighted by Crippen LogP contribution is 2.30. The molecule has 3 saturated heterocycles. The molecule has 0 unspecified atom stereocenters. The van der Waals surface area contributed by atoms with E-state index < -0.39 is 0 Å². The molecule has 4 fully saturated rings. The predicted octanol–water partition coefficient (Wildman–Crippen LogP) is 4.13. The largest absolute Gasteiger partial charge is 0.493 e. The van der Waals surface area contributed by atoms with E-state index in [-0.39, 0.29) is 5.91 Å². The molecule has 5 rings (SSSR count). The molecule has 0 atom stereocenters. The normalized spacial score (nSPS) is 23.8. The van der Waals surface area contributed by atoms with Crippen molar-refractivity contribution in [2.45, 2.75) is 76.8 Å². The fraction of sp³-hybridized carbons (Fsp3) is 0.750. The number of anilines is 1. The third-order valence-corrected chi connectivity index (χ3v) is 8.40. The second-order valence-corrected chi connectivity index (χ2v) is 10.8. The molecule has 34 heavy (non-hydrogen) atoms. The van der Waals surface area contributed by atoms with Gasteiger partial charge in [0.15, 0.2) is 0 Å². The molecule has 0 N–H and O–H groups in total. The van der Waals surface area contributed by atoms with Crippen LogP contribution >= 0.6 is 0 Å². The number of nitrogens with zero attached hydrogens (tertiary/aromatic N) is 4. The van der Waals surface area contributed by atoms with Gasteiger partial charge in [0.2, 0.25) is 5.91 Å². The number of hydrogen-bond acceptors (Lipinski definition) is 5. The predicted molar refractivity (Wildman–Crippen MR) is 138 cm³/mol. The summed E-state index contributed by atoms with van der Waals surface area (Å²) in [5.74, 6) is 1.26. The van der Waals surface area contributed by atoms with Gasteiger partial charge in [-0.25, -0.2) is 0 Å². The van der Waals surface area contributed by atoms with Crippen LogP contribution in [0.15, 0.2) is 18.2 Å². The lowest BCUT2D eigenvalue weighted by Gasteiger charge is -2.38. The van der Waals surface area contributed by atoms with Crippen LogP contribution in [0, 0.1) is 0 Å². The third-order valence-electron chi connectivity index (χ3n) is 8.40. The minimum Gasteiger partial charge on any atom is -0.493 e. The number of amides is 1. The Hall–Kier alpha value is -1.63. The first kappa shape index (κ1) is 24.1. The lowest BCUT2D eigenvalue weighted by atomic mass is 10.1. The van der Waals surface area contributed by atoms with Crippen LogP contribution in [0.4, 0.5) is 5.69 Å². The molecule has 0 spiro atoms. The summed E-state index contributed by atoms with van der Waals surface area (Å²) in [4.78, 5) is 22.2. The van der Waals surface area contributed by atoms with E-state index in [1.807, 2.05) is 4.90 Å². The Labute approximate surface area is 206 Å². The Morgan fingerprint density at radius 1 is 0.824 bits per heavy atom. The molecule has 3 aliphatic heterocycles. The van der Waals surface area contributed by atoms with Crippen molar-refractivity contribution in [3.8, 4) is 5.75 Å². The molecule has 0 radical (unpaired) electrons. The summed E-state index contributed by atoms with van der Waals surface area (Å²) < 4.78 is 6.35. The van der Waals surface area contributed by atoms with Crippen LogP contribution < -0.4 is 9.64 Å². The van der Waals surface area contributed by atoms with Gasteiger partial charge in [-0.3, -0.25) is 14.6 Å². The maximum absolute atomic E-state index is 12.4. The highest BCUT2D eigenvalue weighted by atomic mass is 16.5. The average molecular weight is 469 g/mol. The number of piperazine rings is 1. The van der Waals surface area contributed by atoms with Crippen LogP contribution in [-0.2, 0) is 11.3 Å². The second kappa shape index (κ2) is 11.9. The summed E-state index contributed by atoms with van der Waals surface area (Å²) in [7, 11) is 0. The van der Waals surface area contributed by atoms with Crippen LogP contribution in [0.1, 0.15) is 69.8 Å². The number of piperidine rings is 1. The van der Waals surface area contributed by atoms with Crippen molar-refractivity contribution >= 4 is 11.6 Å². The number of likely N-dealkylation sites (tertiary alicyclic amines) is 1. The molecule has 188 valence electrons. The van der Waals surface area contributed by atoms with Crippen LogP contribution in [0.2, 0.25) is 0 Å². The van der Waals surface area contributed by atoms with Gasteiger partial charge < -0.3 is 14.5 Å². The first-order chi connectivity index (χ1) is 16.8. The van der Waals surface area contributed by atoms with Gasteiger partial charge >= 0.3 is 0 Å². The first-order valence-electron chi connectivity index (χ1n) is 14.0. The first-order valence-corrected chi connectivity index (χ1v) is 14.0. The molecule has 1 aromatic rings. The fourth-order valence-corrected chi connectivity index (χ4v) is 6.37. The fourth-order valence-electron chi connectivity index (χ4n) is 6.37. The van der Waals surface area contributed by atoms with E-state index in [4.69, 9.17) is 4.74 Å². The van der Waals surface area contributed by atoms with E-state index in [0.717, 1.165) is 69.7 Å². The quantitative estimate of drug-likeness (QED) is 0.510. The van der Waals surface area contributed by atoms with Crippen LogP contribution in [-0.4, -0.2) is 85.6 Å². The van der Waals surface area contributed by atoms with Gasteiger partial charge in [0.25, 0.3) is 0 Å². The lowest BCUT2D eigenvalue weighted by molar-refractivity contribution is -0.117.